The molecule has 5 rings (SSSR count). The molecule has 3 aromatic rings. The van der Waals surface area contributed by atoms with Crippen LogP contribution in [0.3, 0.4) is 0 Å². The predicted molar refractivity (Wildman–Crippen MR) is 150 cm³/mol. The van der Waals surface area contributed by atoms with Gasteiger partial charge in [-0.2, -0.15) is 0 Å². The van der Waals surface area contributed by atoms with Gasteiger partial charge in [0.1, 0.15) is 25.0 Å². The quantitative estimate of drug-likeness (QED) is 0.363. The Labute approximate surface area is 229 Å². The molecule has 3 aromatic carbocycles. The lowest BCUT2D eigenvalue weighted by atomic mass is 9.98. The van der Waals surface area contributed by atoms with E-state index in [1.54, 1.807) is 0 Å². The van der Waals surface area contributed by atoms with E-state index in [1.165, 1.54) is 19.3 Å². The van der Waals surface area contributed by atoms with Crippen LogP contribution in [0.25, 0.3) is 11.1 Å². The Bertz CT molecular complexity index is 1250. The molecule has 7 heteroatoms. The first kappa shape index (κ1) is 26.8. The van der Waals surface area contributed by atoms with Gasteiger partial charge in [-0.05, 0) is 66.3 Å². The van der Waals surface area contributed by atoms with E-state index in [-0.39, 0.29) is 18.9 Å². The topological polar surface area (TPSA) is 88.1 Å². The van der Waals surface area contributed by atoms with Gasteiger partial charge in [-0.25, -0.2) is 9.59 Å². The highest BCUT2D eigenvalue weighted by molar-refractivity contribution is 5.81. The first-order chi connectivity index (χ1) is 19.0. The summed E-state index contributed by atoms with van der Waals surface area (Å²) in [7, 11) is 0. The van der Waals surface area contributed by atoms with E-state index in [0.29, 0.717) is 12.6 Å². The standard InChI is InChI=1S/C32H36N2O5/c1-22-8-6-7-17-34(22)18-19-38-24-15-13-23(14-16-24)20-30(31(35)36)33-32(37)39-21-29-27-11-4-2-9-25(27)26-10-3-5-12-28(26)29/h2-5,9-16,22,29-30H,6-8,17-21H2,1H3,(H,33,37)(H,35,36). The lowest BCUT2D eigenvalue weighted by Crippen LogP contribution is -2.42. The minimum Gasteiger partial charge on any atom is -0.492 e. The number of amides is 1. The van der Waals surface area contributed by atoms with Gasteiger partial charge < -0.3 is 19.9 Å². The maximum atomic E-state index is 12.6. The summed E-state index contributed by atoms with van der Waals surface area (Å²) in [6.45, 7) is 5.04. The van der Waals surface area contributed by atoms with Gasteiger partial charge in [0.05, 0.1) is 0 Å². The van der Waals surface area contributed by atoms with Gasteiger partial charge in [0.25, 0.3) is 0 Å². The van der Waals surface area contributed by atoms with Crippen LogP contribution >= 0.6 is 0 Å². The summed E-state index contributed by atoms with van der Waals surface area (Å²) in [5, 5.41) is 12.3. The molecule has 2 N–H and O–H groups in total. The number of alkyl carbamates (subject to hydrolysis) is 1. The van der Waals surface area contributed by atoms with Gasteiger partial charge in [0, 0.05) is 24.9 Å². The number of nitrogens with zero attached hydrogens (tertiary/aromatic N) is 1. The number of rotatable bonds is 10. The Morgan fingerprint density at radius 2 is 1.64 bits per heavy atom. The number of carbonyl (C=O) groups excluding carboxylic acids is 1. The largest absolute Gasteiger partial charge is 0.492 e. The predicted octanol–water partition coefficient (Wildman–Crippen LogP) is 5.47. The van der Waals surface area contributed by atoms with Crippen molar-refractivity contribution in [3.8, 4) is 16.9 Å². The fourth-order valence-electron chi connectivity index (χ4n) is 5.71. The number of benzene rings is 3. The average Bonchev–Trinajstić information content (AvgIpc) is 3.27. The van der Waals surface area contributed by atoms with Crippen molar-refractivity contribution in [3.05, 3.63) is 89.5 Å². The zero-order valence-electron chi connectivity index (χ0n) is 22.3. The van der Waals surface area contributed by atoms with E-state index in [1.807, 2.05) is 60.7 Å². The lowest BCUT2D eigenvalue weighted by molar-refractivity contribution is -0.139. The molecular formula is C32H36N2O5. The summed E-state index contributed by atoms with van der Waals surface area (Å²) in [5.41, 5.74) is 5.28. The van der Waals surface area contributed by atoms with Crippen molar-refractivity contribution in [1.82, 2.24) is 10.2 Å². The van der Waals surface area contributed by atoms with Gasteiger partial charge in [-0.3, -0.25) is 4.90 Å². The summed E-state index contributed by atoms with van der Waals surface area (Å²) in [5.74, 6) is -0.448. The molecule has 0 bridgehead atoms. The Morgan fingerprint density at radius 1 is 0.974 bits per heavy atom. The number of carboxylic acid groups (broad SMARTS) is 1. The normalized spacial score (nSPS) is 17.6. The minimum absolute atomic E-state index is 0.0860. The molecule has 0 saturated carbocycles. The fourth-order valence-corrected chi connectivity index (χ4v) is 5.71. The van der Waals surface area contributed by atoms with Gasteiger partial charge >= 0.3 is 12.1 Å². The molecule has 0 aromatic heterocycles. The third kappa shape index (κ3) is 6.42. The first-order valence-electron chi connectivity index (χ1n) is 13.8. The van der Waals surface area contributed by atoms with Crippen molar-refractivity contribution in [3.63, 3.8) is 0 Å². The molecule has 1 fully saturated rings. The summed E-state index contributed by atoms with van der Waals surface area (Å²) in [6, 6.07) is 23.1. The number of piperidine rings is 1. The summed E-state index contributed by atoms with van der Waals surface area (Å²) in [4.78, 5) is 27.0. The third-order valence-corrected chi connectivity index (χ3v) is 7.88. The van der Waals surface area contributed by atoms with E-state index in [0.717, 1.165) is 46.7 Å². The smallest absolute Gasteiger partial charge is 0.407 e. The molecular weight excluding hydrogens is 492 g/mol. The second-order valence-corrected chi connectivity index (χ2v) is 10.4. The fraction of sp³-hybridized carbons (Fsp3) is 0.375. The van der Waals surface area contributed by atoms with Crippen molar-refractivity contribution in [1.29, 1.82) is 0 Å². The van der Waals surface area contributed by atoms with Crippen molar-refractivity contribution in [2.45, 2.75) is 50.6 Å². The van der Waals surface area contributed by atoms with Crippen molar-refractivity contribution in [2.75, 3.05) is 26.3 Å². The van der Waals surface area contributed by atoms with Crippen LogP contribution in [0.1, 0.15) is 48.8 Å². The van der Waals surface area contributed by atoms with Crippen LogP contribution in [0.4, 0.5) is 4.79 Å². The van der Waals surface area contributed by atoms with Gasteiger partial charge in [-0.15, -0.1) is 0 Å². The molecule has 1 aliphatic carbocycles. The monoisotopic (exact) mass is 528 g/mol. The molecule has 0 spiro atoms. The Kier molecular flexibility index (Phi) is 8.47. The number of ether oxygens (including phenoxy) is 2. The van der Waals surface area contributed by atoms with Gasteiger partial charge in [0.15, 0.2) is 0 Å². The number of nitrogens with one attached hydrogen (secondary N) is 1. The number of likely N-dealkylation sites (tertiary alicyclic amines) is 1. The number of hydrogen-bond donors (Lipinski definition) is 2. The zero-order chi connectivity index (χ0) is 27.2. The molecule has 7 nitrogen and oxygen atoms in total. The molecule has 1 heterocycles. The number of carboxylic acids is 1. The maximum absolute atomic E-state index is 12.6. The van der Waals surface area contributed by atoms with Crippen LogP contribution < -0.4 is 10.1 Å². The van der Waals surface area contributed by atoms with E-state index < -0.39 is 18.1 Å². The zero-order valence-corrected chi connectivity index (χ0v) is 22.3. The molecule has 39 heavy (non-hydrogen) atoms. The van der Waals surface area contributed by atoms with Gasteiger partial charge in [-0.1, -0.05) is 67.1 Å². The van der Waals surface area contributed by atoms with E-state index in [2.05, 4.69) is 29.3 Å². The van der Waals surface area contributed by atoms with Crippen molar-refractivity contribution in [2.24, 2.45) is 0 Å². The molecule has 1 aliphatic heterocycles. The van der Waals surface area contributed by atoms with Crippen molar-refractivity contribution >= 4 is 12.1 Å². The molecule has 2 aliphatic rings. The molecule has 204 valence electrons. The van der Waals surface area contributed by atoms with E-state index in [4.69, 9.17) is 9.47 Å². The first-order valence-corrected chi connectivity index (χ1v) is 13.8. The SMILES string of the molecule is CC1CCCCN1CCOc1ccc(CC(NC(=O)OCC2c3ccccc3-c3ccccc32)C(=O)O)cc1. The Morgan fingerprint density at radius 3 is 2.28 bits per heavy atom. The van der Waals surface area contributed by atoms with E-state index >= 15 is 0 Å². The van der Waals surface area contributed by atoms with Crippen molar-refractivity contribution < 1.29 is 24.2 Å². The van der Waals surface area contributed by atoms with E-state index in [9.17, 15) is 14.7 Å². The van der Waals surface area contributed by atoms with Crippen LogP contribution in [0, 0.1) is 0 Å². The number of aliphatic carboxylic acids is 1. The summed E-state index contributed by atoms with van der Waals surface area (Å²) < 4.78 is 11.5. The second-order valence-electron chi connectivity index (χ2n) is 10.4. The molecule has 1 saturated heterocycles. The minimum atomic E-state index is -1.11. The highest BCUT2D eigenvalue weighted by Crippen LogP contribution is 2.44. The number of hydrogen-bond acceptors (Lipinski definition) is 5. The second kappa shape index (κ2) is 12.3. The Hall–Kier alpha value is -3.84. The number of carbonyl (C=O) groups is 2. The van der Waals surface area contributed by atoms with Crippen LogP contribution in [0.5, 0.6) is 5.75 Å². The van der Waals surface area contributed by atoms with Gasteiger partial charge in [0.2, 0.25) is 0 Å². The molecule has 1 amide bonds. The Balaban J connectivity index is 1.12. The lowest BCUT2D eigenvalue weighted by Gasteiger charge is -2.33. The summed E-state index contributed by atoms with van der Waals surface area (Å²) >= 11 is 0. The molecule has 0 radical (unpaired) electrons. The van der Waals surface area contributed by atoms with Crippen LogP contribution in [0.15, 0.2) is 72.8 Å². The number of fused-ring (bicyclic) bond motifs is 3. The highest BCUT2D eigenvalue weighted by atomic mass is 16.5. The average molecular weight is 529 g/mol. The maximum Gasteiger partial charge on any atom is 0.407 e. The molecule has 2 atom stereocenters. The molecule has 2 unspecified atom stereocenters. The summed E-state index contributed by atoms with van der Waals surface area (Å²) in [6.07, 6.45) is 3.19. The highest BCUT2D eigenvalue weighted by Gasteiger charge is 2.30. The van der Waals surface area contributed by atoms with Crippen LogP contribution in [-0.2, 0) is 16.0 Å². The van der Waals surface area contributed by atoms with Crippen LogP contribution in [0.2, 0.25) is 0 Å². The van der Waals surface area contributed by atoms with Crippen LogP contribution in [-0.4, -0.2) is 60.5 Å². The third-order valence-electron chi connectivity index (χ3n) is 7.88.